The van der Waals surface area contributed by atoms with Crippen LogP contribution < -0.4 is 15.4 Å². The third-order valence-electron chi connectivity index (χ3n) is 5.22. The molecule has 1 aliphatic rings. The molecule has 0 aromatic carbocycles. The van der Waals surface area contributed by atoms with Crippen LogP contribution in [0, 0.1) is 19.8 Å². The van der Waals surface area contributed by atoms with Crippen molar-refractivity contribution in [3.05, 3.63) is 23.0 Å². The summed E-state index contributed by atoms with van der Waals surface area (Å²) in [5, 5.41) is 6.75. The fourth-order valence-corrected chi connectivity index (χ4v) is 3.43. The molecule has 0 unspecified atom stereocenters. The van der Waals surface area contributed by atoms with Gasteiger partial charge in [-0.05, 0) is 58.7 Å². The Morgan fingerprint density at radius 2 is 2.04 bits per heavy atom. The number of ether oxygens (including phenoxy) is 1. The summed E-state index contributed by atoms with van der Waals surface area (Å²) >= 11 is 0. The van der Waals surface area contributed by atoms with Crippen molar-refractivity contribution < 1.29 is 4.74 Å². The molecule has 0 saturated carbocycles. The standard InChI is InChI=1S/C20H35N5O/c1-15-7-11-25(12-8-15)10-6-9-22-20(21-4)24-14-18-17(3)19(26-5)16(2)13-23-18/h13,15H,6-12,14H2,1-5H3,(H2,21,22,24). The van der Waals surface area contributed by atoms with E-state index < -0.39 is 0 Å². The zero-order valence-corrected chi connectivity index (χ0v) is 17.1. The Bertz CT molecular complexity index is 594. The molecule has 26 heavy (non-hydrogen) atoms. The smallest absolute Gasteiger partial charge is 0.191 e. The van der Waals surface area contributed by atoms with Crippen molar-refractivity contribution >= 4 is 5.96 Å². The van der Waals surface area contributed by atoms with Gasteiger partial charge in [0.05, 0.1) is 19.3 Å². The number of aromatic nitrogens is 1. The molecule has 0 atom stereocenters. The summed E-state index contributed by atoms with van der Waals surface area (Å²) in [5.41, 5.74) is 3.12. The highest BCUT2D eigenvalue weighted by molar-refractivity contribution is 5.79. The molecule has 1 aliphatic heterocycles. The third kappa shape index (κ3) is 5.87. The Kier molecular flexibility index (Phi) is 8.16. The van der Waals surface area contributed by atoms with Crippen LogP contribution in [0.1, 0.15) is 43.0 Å². The third-order valence-corrected chi connectivity index (χ3v) is 5.22. The molecule has 1 fully saturated rings. The maximum absolute atomic E-state index is 5.47. The molecule has 2 N–H and O–H groups in total. The Balaban J connectivity index is 1.73. The summed E-state index contributed by atoms with van der Waals surface area (Å²) in [7, 11) is 3.51. The van der Waals surface area contributed by atoms with Gasteiger partial charge in [0, 0.05) is 30.9 Å². The highest BCUT2D eigenvalue weighted by atomic mass is 16.5. The number of pyridine rings is 1. The SMILES string of the molecule is CN=C(NCCCN1CCC(C)CC1)NCc1ncc(C)c(OC)c1C. The van der Waals surface area contributed by atoms with Crippen LogP contribution in [0.2, 0.25) is 0 Å². The Morgan fingerprint density at radius 1 is 1.31 bits per heavy atom. The number of likely N-dealkylation sites (tertiary alicyclic amines) is 1. The van der Waals surface area contributed by atoms with E-state index in [-0.39, 0.29) is 0 Å². The summed E-state index contributed by atoms with van der Waals surface area (Å²) in [4.78, 5) is 11.4. The van der Waals surface area contributed by atoms with Crippen molar-refractivity contribution in [2.45, 2.75) is 46.6 Å². The minimum atomic E-state index is 0.631. The summed E-state index contributed by atoms with van der Waals surface area (Å²) in [6.07, 6.45) is 5.66. The normalized spacial score (nSPS) is 16.6. The van der Waals surface area contributed by atoms with Crippen LogP contribution in [0.4, 0.5) is 0 Å². The minimum Gasteiger partial charge on any atom is -0.496 e. The average molecular weight is 362 g/mol. The van der Waals surface area contributed by atoms with E-state index in [4.69, 9.17) is 4.74 Å². The van der Waals surface area contributed by atoms with Crippen molar-refractivity contribution in [3.63, 3.8) is 0 Å². The van der Waals surface area contributed by atoms with Gasteiger partial charge in [-0.1, -0.05) is 6.92 Å². The quantitative estimate of drug-likeness (QED) is 0.444. The number of methoxy groups -OCH3 is 1. The summed E-state index contributed by atoms with van der Waals surface area (Å²) in [6, 6.07) is 0. The number of nitrogens with zero attached hydrogens (tertiary/aromatic N) is 3. The van der Waals surface area contributed by atoms with Gasteiger partial charge in [-0.25, -0.2) is 0 Å². The summed E-state index contributed by atoms with van der Waals surface area (Å²) < 4.78 is 5.47. The fourth-order valence-electron chi connectivity index (χ4n) is 3.43. The average Bonchev–Trinajstić information content (AvgIpc) is 2.64. The second-order valence-electron chi connectivity index (χ2n) is 7.28. The van der Waals surface area contributed by atoms with E-state index in [9.17, 15) is 0 Å². The topological polar surface area (TPSA) is 61.8 Å². The number of aliphatic imine (C=N–C) groups is 1. The molecule has 2 rings (SSSR count). The van der Waals surface area contributed by atoms with E-state index in [0.717, 1.165) is 54.0 Å². The van der Waals surface area contributed by atoms with Crippen LogP contribution in [-0.2, 0) is 6.54 Å². The monoisotopic (exact) mass is 361 g/mol. The number of hydrogen-bond acceptors (Lipinski definition) is 4. The zero-order valence-electron chi connectivity index (χ0n) is 17.1. The van der Waals surface area contributed by atoms with E-state index in [1.165, 1.54) is 25.9 Å². The van der Waals surface area contributed by atoms with Crippen molar-refractivity contribution in [1.82, 2.24) is 20.5 Å². The van der Waals surface area contributed by atoms with Crippen LogP contribution in [0.25, 0.3) is 0 Å². The van der Waals surface area contributed by atoms with Crippen LogP contribution in [0.5, 0.6) is 5.75 Å². The van der Waals surface area contributed by atoms with Crippen molar-refractivity contribution in [2.75, 3.05) is 40.3 Å². The second kappa shape index (κ2) is 10.4. The molecule has 146 valence electrons. The fraction of sp³-hybridized carbons (Fsp3) is 0.700. The van der Waals surface area contributed by atoms with E-state index in [2.05, 4.69) is 32.4 Å². The molecule has 2 heterocycles. The lowest BCUT2D eigenvalue weighted by Crippen LogP contribution is -2.39. The Morgan fingerprint density at radius 3 is 2.69 bits per heavy atom. The van der Waals surface area contributed by atoms with Gasteiger partial charge in [0.25, 0.3) is 0 Å². The lowest BCUT2D eigenvalue weighted by molar-refractivity contribution is 0.191. The van der Waals surface area contributed by atoms with Gasteiger partial charge in [0.2, 0.25) is 0 Å². The lowest BCUT2D eigenvalue weighted by atomic mass is 9.99. The van der Waals surface area contributed by atoms with Crippen LogP contribution in [-0.4, -0.2) is 56.2 Å². The highest BCUT2D eigenvalue weighted by Crippen LogP contribution is 2.23. The molecule has 0 amide bonds. The maximum atomic E-state index is 5.47. The summed E-state index contributed by atoms with van der Waals surface area (Å²) in [5.74, 6) is 2.62. The highest BCUT2D eigenvalue weighted by Gasteiger charge is 2.15. The molecule has 0 aliphatic carbocycles. The molecule has 1 saturated heterocycles. The summed E-state index contributed by atoms with van der Waals surface area (Å²) in [6.45, 7) is 11.6. The number of hydrogen-bond donors (Lipinski definition) is 2. The van der Waals surface area contributed by atoms with Gasteiger partial charge >= 0.3 is 0 Å². The van der Waals surface area contributed by atoms with Crippen LogP contribution in [0.3, 0.4) is 0 Å². The predicted molar refractivity (Wildman–Crippen MR) is 108 cm³/mol. The first-order valence-electron chi connectivity index (χ1n) is 9.71. The van der Waals surface area contributed by atoms with Gasteiger partial charge < -0.3 is 20.3 Å². The number of guanidine groups is 1. The first kappa shape index (κ1) is 20.5. The molecule has 0 radical (unpaired) electrons. The second-order valence-corrected chi connectivity index (χ2v) is 7.28. The van der Waals surface area contributed by atoms with Gasteiger partial charge in [0.1, 0.15) is 5.75 Å². The first-order valence-corrected chi connectivity index (χ1v) is 9.71. The van der Waals surface area contributed by atoms with Crippen molar-refractivity contribution in [2.24, 2.45) is 10.9 Å². The number of piperidine rings is 1. The molecule has 6 nitrogen and oxygen atoms in total. The minimum absolute atomic E-state index is 0.631. The molecule has 0 bridgehead atoms. The maximum Gasteiger partial charge on any atom is 0.191 e. The molecular formula is C20H35N5O. The molecule has 0 spiro atoms. The molecule has 1 aromatic rings. The molecule has 6 heteroatoms. The van der Waals surface area contributed by atoms with Crippen molar-refractivity contribution in [1.29, 1.82) is 0 Å². The van der Waals surface area contributed by atoms with Crippen LogP contribution >= 0.6 is 0 Å². The van der Waals surface area contributed by atoms with E-state index >= 15 is 0 Å². The van der Waals surface area contributed by atoms with Crippen LogP contribution in [0.15, 0.2) is 11.2 Å². The van der Waals surface area contributed by atoms with Gasteiger partial charge in [0.15, 0.2) is 5.96 Å². The molecular weight excluding hydrogens is 326 g/mol. The van der Waals surface area contributed by atoms with E-state index in [0.29, 0.717) is 6.54 Å². The lowest BCUT2D eigenvalue weighted by Gasteiger charge is -2.30. The van der Waals surface area contributed by atoms with E-state index in [1.807, 2.05) is 20.0 Å². The number of nitrogens with one attached hydrogen (secondary N) is 2. The number of rotatable bonds is 7. The predicted octanol–water partition coefficient (Wildman–Crippen LogP) is 2.49. The Labute approximate surface area is 158 Å². The zero-order chi connectivity index (χ0) is 18.9. The Hall–Kier alpha value is -1.82. The number of aryl methyl sites for hydroxylation is 1. The largest absolute Gasteiger partial charge is 0.496 e. The van der Waals surface area contributed by atoms with E-state index in [1.54, 1.807) is 14.2 Å². The van der Waals surface area contributed by atoms with Gasteiger partial charge in [-0.2, -0.15) is 0 Å². The first-order chi connectivity index (χ1) is 12.5. The van der Waals surface area contributed by atoms with Gasteiger partial charge in [-0.15, -0.1) is 0 Å². The van der Waals surface area contributed by atoms with Gasteiger partial charge in [-0.3, -0.25) is 9.98 Å². The molecule has 1 aromatic heterocycles. The van der Waals surface area contributed by atoms with Crippen molar-refractivity contribution in [3.8, 4) is 5.75 Å².